The van der Waals surface area contributed by atoms with Crippen molar-refractivity contribution in [2.75, 3.05) is 13.7 Å². The van der Waals surface area contributed by atoms with Crippen molar-refractivity contribution in [2.24, 2.45) is 0 Å². The first-order valence-corrected chi connectivity index (χ1v) is 9.35. The van der Waals surface area contributed by atoms with Gasteiger partial charge in [-0.15, -0.1) is 17.8 Å². The van der Waals surface area contributed by atoms with Gasteiger partial charge in [0.2, 0.25) is 5.91 Å². The highest BCUT2D eigenvalue weighted by atomic mass is 32.1. The van der Waals surface area contributed by atoms with E-state index < -0.39 is 0 Å². The minimum Gasteiger partial charge on any atom is -0.493 e. The summed E-state index contributed by atoms with van der Waals surface area (Å²) in [7, 11) is 1.58. The third-order valence-electron chi connectivity index (χ3n) is 3.95. The Morgan fingerprint density at radius 1 is 1.26 bits per heavy atom. The van der Waals surface area contributed by atoms with Crippen LogP contribution in [0.1, 0.15) is 17.0 Å². The number of hydrogen-bond donors (Lipinski definition) is 1. The molecule has 2 aromatic carbocycles. The third kappa shape index (κ3) is 4.99. The molecule has 0 fully saturated rings. The van der Waals surface area contributed by atoms with Gasteiger partial charge in [0.25, 0.3) is 0 Å². The summed E-state index contributed by atoms with van der Waals surface area (Å²) in [6.07, 6.45) is 6.20. The molecule has 0 spiro atoms. The zero-order chi connectivity index (χ0) is 19.1. The second-order valence-electron chi connectivity index (χ2n) is 5.83. The standard InChI is InChI=1S/C21H20N2O3S/c1-3-12-26-17-10-8-15(13-18(17)25-2)9-11-20(24)22-14-21-23-16-6-4-5-7-19(16)27-21/h1,4-8,10,13H,9,11-12,14H2,2H3,(H,22,24). The van der Waals surface area contributed by atoms with Gasteiger partial charge in [0.1, 0.15) is 11.6 Å². The molecule has 0 radical (unpaired) electrons. The van der Waals surface area contributed by atoms with Gasteiger partial charge in [0, 0.05) is 6.42 Å². The van der Waals surface area contributed by atoms with Gasteiger partial charge in [-0.3, -0.25) is 4.79 Å². The van der Waals surface area contributed by atoms with Crippen LogP contribution in [0.3, 0.4) is 0 Å². The lowest BCUT2D eigenvalue weighted by Crippen LogP contribution is -2.22. The van der Waals surface area contributed by atoms with Crippen LogP contribution in [0.2, 0.25) is 0 Å². The van der Waals surface area contributed by atoms with E-state index in [1.807, 2.05) is 42.5 Å². The van der Waals surface area contributed by atoms with Crippen molar-refractivity contribution in [2.45, 2.75) is 19.4 Å². The molecule has 3 rings (SSSR count). The minimum atomic E-state index is -0.0131. The van der Waals surface area contributed by atoms with Crippen molar-refractivity contribution in [1.29, 1.82) is 0 Å². The van der Waals surface area contributed by atoms with Gasteiger partial charge in [-0.2, -0.15) is 0 Å². The number of thiazole rings is 1. The number of rotatable bonds is 8. The molecule has 0 saturated carbocycles. The molecule has 1 aromatic heterocycles. The van der Waals surface area contributed by atoms with Crippen molar-refractivity contribution < 1.29 is 14.3 Å². The molecule has 1 heterocycles. The number of para-hydroxylation sites is 1. The average molecular weight is 380 g/mol. The number of nitrogens with one attached hydrogen (secondary N) is 1. The van der Waals surface area contributed by atoms with Crippen molar-refractivity contribution in [1.82, 2.24) is 10.3 Å². The van der Waals surface area contributed by atoms with Crippen LogP contribution in [-0.2, 0) is 17.8 Å². The maximum Gasteiger partial charge on any atom is 0.220 e. The van der Waals surface area contributed by atoms with Gasteiger partial charge in [-0.05, 0) is 36.2 Å². The Morgan fingerprint density at radius 2 is 2.11 bits per heavy atom. The van der Waals surface area contributed by atoms with Crippen molar-refractivity contribution in [3.8, 4) is 23.8 Å². The number of amides is 1. The van der Waals surface area contributed by atoms with Gasteiger partial charge in [0.05, 0.1) is 23.9 Å². The number of hydrogen-bond acceptors (Lipinski definition) is 5. The fraction of sp³-hybridized carbons (Fsp3) is 0.238. The van der Waals surface area contributed by atoms with E-state index in [1.165, 1.54) is 0 Å². The first-order valence-electron chi connectivity index (χ1n) is 8.54. The highest BCUT2D eigenvalue weighted by Gasteiger charge is 2.09. The van der Waals surface area contributed by atoms with Crippen LogP contribution in [-0.4, -0.2) is 24.6 Å². The molecule has 27 heavy (non-hydrogen) atoms. The molecule has 5 nitrogen and oxygen atoms in total. The van der Waals surface area contributed by atoms with Crippen LogP contribution >= 0.6 is 11.3 Å². The van der Waals surface area contributed by atoms with E-state index in [-0.39, 0.29) is 12.5 Å². The number of aromatic nitrogens is 1. The molecule has 0 aliphatic heterocycles. The fourth-order valence-electron chi connectivity index (χ4n) is 2.62. The summed E-state index contributed by atoms with van der Waals surface area (Å²) in [5.41, 5.74) is 1.96. The molecule has 0 bridgehead atoms. The van der Waals surface area contributed by atoms with E-state index in [0.29, 0.717) is 30.9 Å². The van der Waals surface area contributed by atoms with E-state index in [2.05, 4.69) is 16.2 Å². The van der Waals surface area contributed by atoms with Crippen LogP contribution in [0, 0.1) is 12.3 Å². The van der Waals surface area contributed by atoms with E-state index in [0.717, 1.165) is 20.8 Å². The van der Waals surface area contributed by atoms with Crippen LogP contribution in [0.25, 0.3) is 10.2 Å². The fourth-order valence-corrected chi connectivity index (χ4v) is 3.53. The summed E-state index contributed by atoms with van der Waals surface area (Å²) >= 11 is 1.60. The Hall–Kier alpha value is -3.04. The third-order valence-corrected chi connectivity index (χ3v) is 4.99. The zero-order valence-electron chi connectivity index (χ0n) is 15.0. The highest BCUT2D eigenvalue weighted by Crippen LogP contribution is 2.28. The van der Waals surface area contributed by atoms with Crippen molar-refractivity contribution in [3.63, 3.8) is 0 Å². The van der Waals surface area contributed by atoms with Crippen LogP contribution in [0.5, 0.6) is 11.5 Å². The molecule has 138 valence electrons. The molecular weight excluding hydrogens is 360 g/mol. The predicted molar refractivity (Wildman–Crippen MR) is 107 cm³/mol. The zero-order valence-corrected chi connectivity index (χ0v) is 15.8. The summed E-state index contributed by atoms with van der Waals surface area (Å²) in [4.78, 5) is 16.7. The number of carbonyl (C=O) groups excluding carboxylic acids is 1. The van der Waals surface area contributed by atoms with E-state index in [4.69, 9.17) is 15.9 Å². The number of aryl methyl sites for hydroxylation is 1. The maximum atomic E-state index is 12.2. The number of methoxy groups -OCH3 is 1. The largest absolute Gasteiger partial charge is 0.493 e. The molecule has 0 atom stereocenters. The van der Waals surface area contributed by atoms with Gasteiger partial charge in [-0.25, -0.2) is 4.98 Å². The smallest absolute Gasteiger partial charge is 0.220 e. The first kappa shape index (κ1) is 18.7. The van der Waals surface area contributed by atoms with Gasteiger partial charge >= 0.3 is 0 Å². The van der Waals surface area contributed by atoms with Gasteiger partial charge in [-0.1, -0.05) is 24.1 Å². The summed E-state index contributed by atoms with van der Waals surface area (Å²) < 4.78 is 11.9. The van der Waals surface area contributed by atoms with E-state index in [9.17, 15) is 4.79 Å². The predicted octanol–water partition coefficient (Wildman–Crippen LogP) is 3.57. The lowest BCUT2D eigenvalue weighted by atomic mass is 10.1. The number of terminal acetylenes is 1. The molecular formula is C21H20N2O3S. The average Bonchev–Trinajstić information content (AvgIpc) is 3.12. The summed E-state index contributed by atoms with van der Waals surface area (Å²) in [5, 5.41) is 3.83. The van der Waals surface area contributed by atoms with Crippen LogP contribution < -0.4 is 14.8 Å². The molecule has 0 saturated heterocycles. The number of benzene rings is 2. The molecule has 0 aliphatic rings. The lowest BCUT2D eigenvalue weighted by Gasteiger charge is -2.10. The molecule has 3 aromatic rings. The molecule has 1 amide bonds. The minimum absolute atomic E-state index is 0.0131. The maximum absolute atomic E-state index is 12.2. The Bertz CT molecular complexity index is 942. The second-order valence-corrected chi connectivity index (χ2v) is 6.95. The normalized spacial score (nSPS) is 10.4. The number of carbonyl (C=O) groups is 1. The Kier molecular flexibility index (Phi) is 6.29. The Morgan fingerprint density at radius 3 is 2.89 bits per heavy atom. The van der Waals surface area contributed by atoms with Gasteiger partial charge < -0.3 is 14.8 Å². The lowest BCUT2D eigenvalue weighted by molar-refractivity contribution is -0.121. The van der Waals surface area contributed by atoms with E-state index in [1.54, 1.807) is 18.4 Å². The monoisotopic (exact) mass is 380 g/mol. The number of nitrogens with zero attached hydrogens (tertiary/aromatic N) is 1. The summed E-state index contributed by atoms with van der Waals surface area (Å²) in [6.45, 7) is 0.629. The molecule has 6 heteroatoms. The molecule has 0 aliphatic carbocycles. The number of fused-ring (bicyclic) bond motifs is 1. The van der Waals surface area contributed by atoms with E-state index >= 15 is 0 Å². The molecule has 0 unspecified atom stereocenters. The Labute approximate surface area is 162 Å². The first-order chi connectivity index (χ1) is 13.2. The van der Waals surface area contributed by atoms with Crippen LogP contribution in [0.4, 0.5) is 0 Å². The summed E-state index contributed by atoms with van der Waals surface area (Å²) in [5.74, 6) is 3.62. The van der Waals surface area contributed by atoms with Crippen molar-refractivity contribution in [3.05, 3.63) is 53.0 Å². The number of ether oxygens (including phenoxy) is 2. The van der Waals surface area contributed by atoms with Gasteiger partial charge in [0.15, 0.2) is 11.5 Å². The topological polar surface area (TPSA) is 60.5 Å². The second kappa shape index (κ2) is 9.06. The SMILES string of the molecule is C#CCOc1ccc(CCC(=O)NCc2nc3ccccc3s2)cc1OC. The molecule has 1 N–H and O–H groups in total. The highest BCUT2D eigenvalue weighted by molar-refractivity contribution is 7.18. The van der Waals surface area contributed by atoms with Crippen molar-refractivity contribution >= 4 is 27.5 Å². The summed E-state index contributed by atoms with van der Waals surface area (Å²) in [6, 6.07) is 13.5. The Balaban J connectivity index is 1.52. The van der Waals surface area contributed by atoms with Crippen LogP contribution in [0.15, 0.2) is 42.5 Å². The quantitative estimate of drug-likeness (QED) is 0.607.